The fourth-order valence-electron chi connectivity index (χ4n) is 7.59. The minimum Gasteiger partial charge on any atom is -0.393 e. The molecule has 4 fully saturated rings. The van der Waals surface area contributed by atoms with Gasteiger partial charge in [-0.3, -0.25) is 0 Å². The van der Waals surface area contributed by atoms with Gasteiger partial charge in [0.05, 0.1) is 11.7 Å². The van der Waals surface area contributed by atoms with Gasteiger partial charge in [0, 0.05) is 17.5 Å². The lowest BCUT2D eigenvalue weighted by molar-refractivity contribution is -0.206. The van der Waals surface area contributed by atoms with Gasteiger partial charge in [0.25, 0.3) is 0 Å². The Morgan fingerprint density at radius 1 is 1.00 bits per heavy atom. The molecule has 0 saturated heterocycles. The molecule has 136 valence electrons. The highest BCUT2D eigenvalue weighted by Gasteiger charge is 2.66. The molecule has 0 bridgehead atoms. The third-order valence-corrected chi connectivity index (χ3v) is 9.16. The Hall–Kier alpha value is -0.610. The fraction of sp³-hybridized carbons (Fsp3) is 0.950. The Kier molecular flexibility index (Phi) is 3.82. The quantitative estimate of drug-likeness (QED) is 0.392. The van der Waals surface area contributed by atoms with Crippen LogP contribution in [-0.4, -0.2) is 28.1 Å². The van der Waals surface area contributed by atoms with Crippen molar-refractivity contribution >= 4 is 6.21 Å². The van der Waals surface area contributed by atoms with Gasteiger partial charge >= 0.3 is 0 Å². The zero-order valence-electron chi connectivity index (χ0n) is 15.2. The highest BCUT2D eigenvalue weighted by atomic mass is 16.3. The van der Waals surface area contributed by atoms with Gasteiger partial charge in [-0.05, 0) is 81.0 Å². The lowest BCUT2D eigenvalue weighted by Crippen LogP contribution is -2.62. The van der Waals surface area contributed by atoms with Crippen molar-refractivity contribution in [1.82, 2.24) is 0 Å². The number of aliphatic hydroxyl groups is 2. The Morgan fingerprint density at radius 2 is 1.79 bits per heavy atom. The maximum Gasteiger partial charge on any atom is 0.0738 e. The van der Waals surface area contributed by atoms with E-state index >= 15 is 0 Å². The first-order valence-electron chi connectivity index (χ1n) is 9.99. The molecule has 0 aromatic heterocycles. The molecule has 4 saturated carbocycles. The van der Waals surface area contributed by atoms with Gasteiger partial charge in [-0.2, -0.15) is 5.10 Å². The predicted molar refractivity (Wildman–Crippen MR) is 95.4 cm³/mol. The minimum absolute atomic E-state index is 0.0750. The molecule has 4 aliphatic rings. The van der Waals surface area contributed by atoms with Gasteiger partial charge in [-0.15, -0.1) is 0 Å². The number of hydrogen-bond acceptors (Lipinski definition) is 4. The lowest BCUT2D eigenvalue weighted by Gasteiger charge is -2.63. The molecule has 3 unspecified atom stereocenters. The van der Waals surface area contributed by atoms with Crippen molar-refractivity contribution < 1.29 is 10.2 Å². The van der Waals surface area contributed by atoms with Gasteiger partial charge in [-0.25, -0.2) is 0 Å². The van der Waals surface area contributed by atoms with Crippen LogP contribution in [0.1, 0.15) is 71.6 Å². The third kappa shape index (κ3) is 2.02. The second kappa shape index (κ2) is 5.44. The summed E-state index contributed by atoms with van der Waals surface area (Å²) in [4.78, 5) is 0. The van der Waals surface area contributed by atoms with E-state index in [0.29, 0.717) is 29.1 Å². The Morgan fingerprint density at radius 3 is 2.54 bits per heavy atom. The molecule has 0 heterocycles. The second-order valence-electron chi connectivity index (χ2n) is 9.74. The van der Waals surface area contributed by atoms with Crippen molar-refractivity contribution in [1.29, 1.82) is 0 Å². The Labute approximate surface area is 145 Å². The van der Waals surface area contributed by atoms with Gasteiger partial charge < -0.3 is 16.1 Å². The molecule has 0 radical (unpaired) electrons. The number of hydrazone groups is 1. The second-order valence-corrected chi connectivity index (χ2v) is 9.74. The molecule has 24 heavy (non-hydrogen) atoms. The summed E-state index contributed by atoms with van der Waals surface area (Å²) >= 11 is 0. The average molecular weight is 335 g/mol. The number of aliphatic hydroxyl groups excluding tert-OH is 1. The average Bonchev–Trinajstić information content (AvgIpc) is 2.81. The van der Waals surface area contributed by atoms with Crippen LogP contribution in [0.25, 0.3) is 0 Å². The summed E-state index contributed by atoms with van der Waals surface area (Å²) in [6, 6.07) is 0. The van der Waals surface area contributed by atoms with Crippen LogP contribution in [0.4, 0.5) is 0 Å². The van der Waals surface area contributed by atoms with E-state index in [0.717, 1.165) is 44.9 Å². The molecular weight excluding hydrogens is 300 g/mol. The summed E-state index contributed by atoms with van der Waals surface area (Å²) in [5.41, 5.74) is -0.334. The molecular formula is C20H34N2O2. The van der Waals surface area contributed by atoms with E-state index in [2.05, 4.69) is 18.9 Å². The van der Waals surface area contributed by atoms with Crippen LogP contribution >= 0.6 is 0 Å². The Balaban J connectivity index is 1.66. The minimum atomic E-state index is -0.564. The molecule has 0 aliphatic heterocycles. The van der Waals surface area contributed by atoms with Crippen molar-refractivity contribution in [2.24, 2.45) is 45.4 Å². The van der Waals surface area contributed by atoms with E-state index < -0.39 is 5.60 Å². The van der Waals surface area contributed by atoms with E-state index in [1.54, 1.807) is 0 Å². The van der Waals surface area contributed by atoms with E-state index in [1.165, 1.54) is 12.8 Å². The van der Waals surface area contributed by atoms with Crippen LogP contribution in [0.15, 0.2) is 5.10 Å². The van der Waals surface area contributed by atoms with Gasteiger partial charge in [0.1, 0.15) is 0 Å². The van der Waals surface area contributed by atoms with Crippen molar-refractivity contribution in [2.75, 3.05) is 0 Å². The number of hydrogen-bond donors (Lipinski definition) is 3. The molecule has 0 spiro atoms. The molecule has 0 aromatic rings. The number of nitrogens with zero attached hydrogens (tertiary/aromatic N) is 1. The van der Waals surface area contributed by atoms with Crippen molar-refractivity contribution in [3.8, 4) is 0 Å². The predicted octanol–water partition coefficient (Wildman–Crippen LogP) is 3.07. The largest absolute Gasteiger partial charge is 0.393 e. The highest BCUT2D eigenvalue weighted by Crippen LogP contribution is 2.68. The van der Waals surface area contributed by atoms with E-state index in [1.807, 2.05) is 6.21 Å². The number of fused-ring (bicyclic) bond motifs is 5. The lowest BCUT2D eigenvalue weighted by atomic mass is 9.43. The zero-order valence-corrected chi connectivity index (χ0v) is 15.2. The van der Waals surface area contributed by atoms with Crippen molar-refractivity contribution in [3.63, 3.8) is 0 Å². The van der Waals surface area contributed by atoms with Crippen LogP contribution < -0.4 is 5.84 Å². The molecule has 4 N–H and O–H groups in total. The van der Waals surface area contributed by atoms with Crippen LogP contribution in [0.2, 0.25) is 0 Å². The highest BCUT2D eigenvalue weighted by molar-refractivity contribution is 5.63. The molecule has 0 aromatic carbocycles. The zero-order chi connectivity index (χ0) is 17.2. The van der Waals surface area contributed by atoms with Crippen LogP contribution in [0, 0.1) is 34.5 Å². The maximum absolute atomic E-state index is 11.9. The molecule has 8 atom stereocenters. The molecule has 4 aliphatic carbocycles. The smallest absolute Gasteiger partial charge is 0.0738 e. The molecule has 4 rings (SSSR count). The maximum atomic E-state index is 11.9. The summed E-state index contributed by atoms with van der Waals surface area (Å²) in [6.07, 6.45) is 11.3. The topological polar surface area (TPSA) is 78.8 Å². The van der Waals surface area contributed by atoms with Gasteiger partial charge in [0.2, 0.25) is 0 Å². The SMILES string of the molecule is C[C@]12CCC(O)CC1CC[C@@H]1[C@H]2CC[C@]2(C)C(C=NN)CC[C@@]12O. The molecule has 4 nitrogen and oxygen atoms in total. The fourth-order valence-corrected chi connectivity index (χ4v) is 7.59. The summed E-state index contributed by atoms with van der Waals surface area (Å²) in [5.74, 6) is 7.41. The monoisotopic (exact) mass is 334 g/mol. The first kappa shape index (κ1) is 16.8. The van der Waals surface area contributed by atoms with Crippen molar-refractivity contribution in [3.05, 3.63) is 0 Å². The normalized spacial score (nSPS) is 57.4. The summed E-state index contributed by atoms with van der Waals surface area (Å²) in [6.45, 7) is 4.74. The van der Waals surface area contributed by atoms with E-state index in [9.17, 15) is 10.2 Å². The third-order valence-electron chi connectivity index (χ3n) is 9.16. The molecule has 0 amide bonds. The first-order valence-corrected chi connectivity index (χ1v) is 9.99. The first-order chi connectivity index (χ1) is 11.3. The number of rotatable bonds is 1. The van der Waals surface area contributed by atoms with Crippen LogP contribution in [0.3, 0.4) is 0 Å². The summed E-state index contributed by atoms with van der Waals surface area (Å²) in [7, 11) is 0. The van der Waals surface area contributed by atoms with Crippen LogP contribution in [0.5, 0.6) is 0 Å². The van der Waals surface area contributed by atoms with Gasteiger partial charge in [-0.1, -0.05) is 13.8 Å². The summed E-state index contributed by atoms with van der Waals surface area (Å²) < 4.78 is 0. The van der Waals surface area contributed by atoms with E-state index in [4.69, 9.17) is 5.84 Å². The van der Waals surface area contributed by atoms with Crippen molar-refractivity contribution in [2.45, 2.75) is 83.3 Å². The standard InChI is InChI=1S/C20H34N2O2/c1-18-8-6-15(23)11-13(18)3-4-17-16(18)7-9-19(2)14(12-22-21)5-10-20(17,19)24/h12-17,23-24H,3-11,21H2,1-2H3/t13?,14?,15?,16-,17-,18+,19-,20-/m1/s1. The summed E-state index contributed by atoms with van der Waals surface area (Å²) in [5, 5.41) is 25.8. The van der Waals surface area contributed by atoms with Crippen LogP contribution in [-0.2, 0) is 0 Å². The number of nitrogens with two attached hydrogens (primary N) is 1. The van der Waals surface area contributed by atoms with Gasteiger partial charge in [0.15, 0.2) is 0 Å². The van der Waals surface area contributed by atoms with E-state index in [-0.39, 0.29) is 11.5 Å². The molecule has 4 heteroatoms. The Bertz CT molecular complexity index is 538.